The van der Waals surface area contributed by atoms with Crippen molar-refractivity contribution in [3.05, 3.63) is 65.0 Å². The van der Waals surface area contributed by atoms with Gasteiger partial charge in [0.2, 0.25) is 5.78 Å². The Morgan fingerprint density at radius 3 is 2.52 bits per heavy atom. The summed E-state index contributed by atoms with van der Waals surface area (Å²) in [6, 6.07) is 7.64. The van der Waals surface area contributed by atoms with Gasteiger partial charge >= 0.3 is 0 Å². The van der Waals surface area contributed by atoms with Crippen LogP contribution >= 0.6 is 0 Å². The van der Waals surface area contributed by atoms with E-state index in [-0.39, 0.29) is 11.3 Å². The average Bonchev–Trinajstić information content (AvgIpc) is 2.48. The van der Waals surface area contributed by atoms with Gasteiger partial charge in [-0.2, -0.15) is 5.26 Å². The van der Waals surface area contributed by atoms with Crippen molar-refractivity contribution in [3.8, 4) is 11.8 Å². The lowest BCUT2D eigenvalue weighted by Gasteiger charge is -2.07. The third kappa shape index (κ3) is 3.39. The highest BCUT2D eigenvalue weighted by molar-refractivity contribution is 5.97. The lowest BCUT2D eigenvalue weighted by atomic mass is 10.1. The number of nitrogens with zero attached hydrogens (tertiary/aromatic N) is 1. The SMILES string of the molecule is N#Cc1ccc(OCC(=O)c2cc(F)ccc2F)c(F)c1. The summed E-state index contributed by atoms with van der Waals surface area (Å²) in [5.41, 5.74) is -0.369. The number of ketones is 1. The van der Waals surface area contributed by atoms with Crippen molar-refractivity contribution in [2.45, 2.75) is 0 Å². The molecule has 0 aliphatic carbocycles. The quantitative estimate of drug-likeness (QED) is 0.813. The highest BCUT2D eigenvalue weighted by Gasteiger charge is 2.14. The van der Waals surface area contributed by atoms with E-state index in [9.17, 15) is 18.0 Å². The van der Waals surface area contributed by atoms with E-state index < -0.39 is 35.4 Å². The van der Waals surface area contributed by atoms with E-state index in [1.807, 2.05) is 0 Å². The number of halogens is 3. The Balaban J connectivity index is 2.11. The summed E-state index contributed by atoms with van der Waals surface area (Å²) in [5, 5.41) is 8.59. The number of carbonyl (C=O) groups excluding carboxylic acids is 1. The number of benzene rings is 2. The minimum absolute atomic E-state index is 0.0994. The largest absolute Gasteiger partial charge is 0.482 e. The van der Waals surface area contributed by atoms with Gasteiger partial charge in [0.25, 0.3) is 0 Å². The predicted molar refractivity (Wildman–Crippen MR) is 67.3 cm³/mol. The van der Waals surface area contributed by atoms with Crippen molar-refractivity contribution in [3.63, 3.8) is 0 Å². The molecule has 0 N–H and O–H groups in total. The Bertz CT molecular complexity index is 738. The molecule has 0 saturated heterocycles. The second kappa shape index (κ2) is 6.09. The third-order valence-electron chi connectivity index (χ3n) is 2.65. The Morgan fingerprint density at radius 2 is 1.86 bits per heavy atom. The lowest BCUT2D eigenvalue weighted by Crippen LogP contribution is -2.14. The zero-order chi connectivity index (χ0) is 15.4. The summed E-state index contributed by atoms with van der Waals surface area (Å²) in [7, 11) is 0. The normalized spacial score (nSPS) is 10.0. The van der Waals surface area contributed by atoms with Crippen LogP contribution in [0.3, 0.4) is 0 Å². The van der Waals surface area contributed by atoms with Crippen LogP contribution in [-0.2, 0) is 0 Å². The van der Waals surface area contributed by atoms with Crippen LogP contribution < -0.4 is 4.74 Å². The van der Waals surface area contributed by atoms with Gasteiger partial charge in [0.15, 0.2) is 18.2 Å². The minimum Gasteiger partial charge on any atom is -0.482 e. The molecule has 0 aliphatic heterocycles. The zero-order valence-corrected chi connectivity index (χ0v) is 10.6. The van der Waals surface area contributed by atoms with Crippen LogP contribution in [0.1, 0.15) is 15.9 Å². The van der Waals surface area contributed by atoms with Crippen molar-refractivity contribution in [2.24, 2.45) is 0 Å². The van der Waals surface area contributed by atoms with Crippen LogP contribution in [0.15, 0.2) is 36.4 Å². The highest BCUT2D eigenvalue weighted by atomic mass is 19.1. The van der Waals surface area contributed by atoms with E-state index in [2.05, 4.69) is 0 Å². The van der Waals surface area contributed by atoms with E-state index in [0.717, 1.165) is 24.3 Å². The first-order chi connectivity index (χ1) is 10.0. The monoisotopic (exact) mass is 291 g/mol. The van der Waals surface area contributed by atoms with Gasteiger partial charge in [-0.1, -0.05) is 0 Å². The molecule has 0 heterocycles. The van der Waals surface area contributed by atoms with Gasteiger partial charge in [-0.05, 0) is 36.4 Å². The van der Waals surface area contributed by atoms with Gasteiger partial charge in [-0.15, -0.1) is 0 Å². The Hall–Kier alpha value is -2.81. The Morgan fingerprint density at radius 1 is 1.10 bits per heavy atom. The first kappa shape index (κ1) is 14.6. The molecule has 0 fully saturated rings. The van der Waals surface area contributed by atoms with Gasteiger partial charge < -0.3 is 4.74 Å². The average molecular weight is 291 g/mol. The van der Waals surface area contributed by atoms with Gasteiger partial charge in [0, 0.05) is 0 Å². The molecule has 2 aromatic rings. The molecule has 6 heteroatoms. The van der Waals surface area contributed by atoms with E-state index >= 15 is 0 Å². The number of hydrogen-bond acceptors (Lipinski definition) is 3. The second-order valence-corrected chi connectivity index (χ2v) is 4.09. The van der Waals surface area contributed by atoms with Crippen molar-refractivity contribution in [1.82, 2.24) is 0 Å². The van der Waals surface area contributed by atoms with Gasteiger partial charge in [-0.25, -0.2) is 13.2 Å². The topological polar surface area (TPSA) is 50.1 Å². The molecule has 0 aliphatic rings. The maximum absolute atomic E-state index is 13.5. The molecule has 0 atom stereocenters. The first-order valence-corrected chi connectivity index (χ1v) is 5.82. The summed E-state index contributed by atoms with van der Waals surface area (Å²) in [6.07, 6.45) is 0. The number of ether oxygens (including phenoxy) is 1. The summed E-state index contributed by atoms with van der Waals surface area (Å²) >= 11 is 0. The molecule has 0 unspecified atom stereocenters. The fourth-order valence-corrected chi connectivity index (χ4v) is 1.62. The molecule has 0 bridgehead atoms. The summed E-state index contributed by atoms with van der Waals surface area (Å²) in [6.45, 7) is -0.650. The standard InChI is InChI=1S/C15H8F3NO2/c16-10-2-3-12(17)11(6-10)14(20)8-21-15-4-1-9(7-19)5-13(15)18/h1-6H,8H2. The number of carbonyl (C=O) groups is 1. The molecule has 0 aromatic heterocycles. The van der Waals surface area contributed by atoms with Crippen molar-refractivity contribution in [2.75, 3.05) is 6.61 Å². The van der Waals surface area contributed by atoms with Gasteiger partial charge in [0.1, 0.15) is 11.6 Å². The molecular weight excluding hydrogens is 283 g/mol. The lowest BCUT2D eigenvalue weighted by molar-refractivity contribution is 0.0914. The van der Waals surface area contributed by atoms with Gasteiger partial charge in [-0.3, -0.25) is 4.79 Å². The van der Waals surface area contributed by atoms with Crippen LogP contribution in [0.4, 0.5) is 13.2 Å². The van der Waals surface area contributed by atoms with Crippen LogP contribution in [-0.4, -0.2) is 12.4 Å². The smallest absolute Gasteiger partial charge is 0.203 e. The minimum atomic E-state index is -0.884. The summed E-state index contributed by atoms with van der Waals surface area (Å²) in [4.78, 5) is 11.7. The maximum atomic E-state index is 13.5. The van der Waals surface area contributed by atoms with Crippen LogP contribution in [0.2, 0.25) is 0 Å². The predicted octanol–water partition coefficient (Wildman–Crippen LogP) is 3.24. The summed E-state index contributed by atoms with van der Waals surface area (Å²) < 4.78 is 44.8. The second-order valence-electron chi connectivity index (χ2n) is 4.09. The molecule has 0 radical (unpaired) electrons. The molecule has 0 saturated carbocycles. The van der Waals surface area contributed by atoms with E-state index in [1.54, 1.807) is 6.07 Å². The van der Waals surface area contributed by atoms with Crippen LogP contribution in [0, 0.1) is 28.8 Å². The number of nitriles is 1. The fraction of sp³-hybridized carbons (Fsp3) is 0.0667. The fourth-order valence-electron chi connectivity index (χ4n) is 1.62. The highest BCUT2D eigenvalue weighted by Crippen LogP contribution is 2.19. The Kier molecular flexibility index (Phi) is 4.24. The molecule has 106 valence electrons. The van der Waals surface area contributed by atoms with Crippen molar-refractivity contribution < 1.29 is 22.7 Å². The number of rotatable bonds is 4. The number of hydrogen-bond donors (Lipinski definition) is 0. The third-order valence-corrected chi connectivity index (χ3v) is 2.65. The van der Waals surface area contributed by atoms with E-state index in [0.29, 0.717) is 0 Å². The van der Waals surface area contributed by atoms with E-state index in [4.69, 9.17) is 10.00 Å². The number of Topliss-reactive ketones (excluding diaryl/α,β-unsaturated/α-hetero) is 1. The van der Waals surface area contributed by atoms with E-state index in [1.165, 1.54) is 12.1 Å². The molecule has 2 rings (SSSR count). The van der Waals surface area contributed by atoms with Crippen LogP contribution in [0.25, 0.3) is 0 Å². The Labute approximate surface area is 118 Å². The molecule has 0 amide bonds. The molecule has 2 aromatic carbocycles. The summed E-state index contributed by atoms with van der Waals surface area (Å²) in [5.74, 6) is -3.54. The molecule has 21 heavy (non-hydrogen) atoms. The van der Waals surface area contributed by atoms with Crippen molar-refractivity contribution >= 4 is 5.78 Å². The van der Waals surface area contributed by atoms with Crippen molar-refractivity contribution in [1.29, 1.82) is 5.26 Å². The zero-order valence-electron chi connectivity index (χ0n) is 10.6. The first-order valence-electron chi connectivity index (χ1n) is 5.82. The molecule has 3 nitrogen and oxygen atoms in total. The maximum Gasteiger partial charge on any atom is 0.203 e. The molecule has 0 spiro atoms. The van der Waals surface area contributed by atoms with Crippen LogP contribution in [0.5, 0.6) is 5.75 Å². The molecular formula is C15H8F3NO2. The van der Waals surface area contributed by atoms with Gasteiger partial charge in [0.05, 0.1) is 17.2 Å².